The Morgan fingerprint density at radius 1 is 0.966 bits per heavy atom. The fourth-order valence-corrected chi connectivity index (χ4v) is 3.18. The lowest BCUT2D eigenvalue weighted by Crippen LogP contribution is -2.19. The van der Waals surface area contributed by atoms with Crippen molar-refractivity contribution < 1.29 is 9.18 Å². The number of rotatable bonds is 5. The van der Waals surface area contributed by atoms with Crippen LogP contribution in [0.3, 0.4) is 0 Å². The number of nitrogens with one attached hydrogen (secondary N) is 2. The van der Waals surface area contributed by atoms with E-state index in [1.54, 1.807) is 24.5 Å². The lowest BCUT2D eigenvalue weighted by Gasteiger charge is -2.13. The summed E-state index contributed by atoms with van der Waals surface area (Å²) in [5.74, 6) is -0.400. The summed E-state index contributed by atoms with van der Waals surface area (Å²) >= 11 is 0. The summed E-state index contributed by atoms with van der Waals surface area (Å²) in [5, 5.41) is 10.3. The van der Waals surface area contributed by atoms with Crippen LogP contribution in [0.15, 0.2) is 79.1 Å². The molecule has 0 saturated heterocycles. The molecule has 5 nitrogen and oxygen atoms in total. The first-order chi connectivity index (χ1) is 14.1. The molecular formula is C23H19FN4O. The molecule has 0 saturated carbocycles. The van der Waals surface area contributed by atoms with E-state index in [4.69, 9.17) is 0 Å². The number of aromatic nitrogens is 3. The van der Waals surface area contributed by atoms with Crippen LogP contribution >= 0.6 is 0 Å². The van der Waals surface area contributed by atoms with E-state index >= 15 is 0 Å². The summed E-state index contributed by atoms with van der Waals surface area (Å²) in [6, 6.07) is 19.4. The van der Waals surface area contributed by atoms with Crippen LogP contribution in [0.5, 0.6) is 0 Å². The van der Waals surface area contributed by atoms with E-state index in [2.05, 4.69) is 20.5 Å². The third-order valence-electron chi connectivity index (χ3n) is 4.80. The summed E-state index contributed by atoms with van der Waals surface area (Å²) in [6.45, 7) is 1.85. The Morgan fingerprint density at radius 2 is 1.66 bits per heavy atom. The van der Waals surface area contributed by atoms with Crippen LogP contribution in [0, 0.1) is 5.82 Å². The van der Waals surface area contributed by atoms with Gasteiger partial charge in [-0.25, -0.2) is 4.39 Å². The minimum atomic E-state index is -0.340. The van der Waals surface area contributed by atoms with Gasteiger partial charge in [-0.15, -0.1) is 0 Å². The number of nitrogens with zero attached hydrogens (tertiary/aromatic N) is 2. The van der Waals surface area contributed by atoms with Gasteiger partial charge in [0.1, 0.15) is 5.82 Å². The third kappa shape index (κ3) is 3.91. The lowest BCUT2D eigenvalue weighted by molar-refractivity contribution is -0.117. The molecule has 144 valence electrons. The van der Waals surface area contributed by atoms with Gasteiger partial charge in [0.2, 0.25) is 5.91 Å². The van der Waals surface area contributed by atoms with Crippen molar-refractivity contribution in [1.82, 2.24) is 15.2 Å². The monoisotopic (exact) mass is 386 g/mol. The Hall–Kier alpha value is -3.80. The van der Waals surface area contributed by atoms with E-state index in [-0.39, 0.29) is 17.6 Å². The molecule has 4 rings (SSSR count). The van der Waals surface area contributed by atoms with Crippen LogP contribution in [0.4, 0.5) is 10.2 Å². The van der Waals surface area contributed by atoms with Gasteiger partial charge in [-0.05, 0) is 54.4 Å². The molecule has 2 N–H and O–H groups in total. The molecule has 1 unspecified atom stereocenters. The molecule has 4 aromatic rings. The molecular weight excluding hydrogens is 367 g/mol. The quantitative estimate of drug-likeness (QED) is 0.506. The standard InChI is InChI=1S/C23H19FN4O/c1-15(16-5-3-2-4-6-16)23(29)26-22-20(17-11-13-25-14-12-17)21(27-28-22)18-7-9-19(24)10-8-18/h2-15H,1H3,(H2,26,27,28,29). The Bertz CT molecular complexity index is 1110. The molecule has 2 aromatic carbocycles. The van der Waals surface area contributed by atoms with Crippen LogP contribution < -0.4 is 5.32 Å². The summed E-state index contributed by atoms with van der Waals surface area (Å²) in [5.41, 5.74) is 3.95. The first-order valence-corrected chi connectivity index (χ1v) is 9.24. The van der Waals surface area contributed by atoms with Crippen LogP contribution in [0.1, 0.15) is 18.4 Å². The molecule has 1 amide bonds. The van der Waals surface area contributed by atoms with Gasteiger partial charge in [-0.1, -0.05) is 30.3 Å². The van der Waals surface area contributed by atoms with Crippen molar-refractivity contribution in [3.05, 3.63) is 90.5 Å². The molecule has 2 aromatic heterocycles. The number of amides is 1. The van der Waals surface area contributed by atoms with E-state index < -0.39 is 0 Å². The van der Waals surface area contributed by atoms with Crippen LogP contribution in [-0.4, -0.2) is 21.1 Å². The summed E-state index contributed by atoms with van der Waals surface area (Å²) < 4.78 is 13.4. The molecule has 29 heavy (non-hydrogen) atoms. The number of halogens is 1. The van der Waals surface area contributed by atoms with E-state index in [1.165, 1.54) is 12.1 Å². The zero-order chi connectivity index (χ0) is 20.2. The smallest absolute Gasteiger partial charge is 0.232 e. The minimum Gasteiger partial charge on any atom is -0.308 e. The summed E-state index contributed by atoms with van der Waals surface area (Å²) in [7, 11) is 0. The Balaban J connectivity index is 1.72. The number of hydrogen-bond acceptors (Lipinski definition) is 3. The van der Waals surface area contributed by atoms with Crippen molar-refractivity contribution in [2.75, 3.05) is 5.32 Å². The van der Waals surface area contributed by atoms with E-state index in [0.29, 0.717) is 11.5 Å². The maximum atomic E-state index is 13.4. The number of hydrogen-bond donors (Lipinski definition) is 2. The molecule has 0 aliphatic heterocycles. The molecule has 0 bridgehead atoms. The van der Waals surface area contributed by atoms with Crippen molar-refractivity contribution in [2.45, 2.75) is 12.8 Å². The molecule has 0 fully saturated rings. The highest BCUT2D eigenvalue weighted by atomic mass is 19.1. The van der Waals surface area contributed by atoms with Crippen molar-refractivity contribution >= 4 is 11.7 Å². The number of aromatic amines is 1. The van der Waals surface area contributed by atoms with Gasteiger partial charge in [0, 0.05) is 18.0 Å². The Morgan fingerprint density at radius 3 is 2.34 bits per heavy atom. The molecule has 2 heterocycles. The van der Waals surface area contributed by atoms with Crippen molar-refractivity contribution in [3.63, 3.8) is 0 Å². The fraction of sp³-hybridized carbons (Fsp3) is 0.0870. The second-order valence-corrected chi connectivity index (χ2v) is 6.69. The number of H-pyrrole nitrogens is 1. The van der Waals surface area contributed by atoms with Crippen molar-refractivity contribution in [3.8, 4) is 22.4 Å². The average Bonchev–Trinajstić information content (AvgIpc) is 3.18. The maximum absolute atomic E-state index is 13.4. The topological polar surface area (TPSA) is 70.7 Å². The number of pyridine rings is 1. The SMILES string of the molecule is CC(C(=O)Nc1n[nH]c(-c2ccc(F)cc2)c1-c1ccncc1)c1ccccc1. The van der Waals surface area contributed by atoms with E-state index in [9.17, 15) is 9.18 Å². The largest absolute Gasteiger partial charge is 0.308 e. The highest BCUT2D eigenvalue weighted by molar-refractivity contribution is 6.00. The van der Waals surface area contributed by atoms with Crippen LogP contribution in [-0.2, 0) is 4.79 Å². The van der Waals surface area contributed by atoms with Gasteiger partial charge in [-0.3, -0.25) is 14.9 Å². The van der Waals surface area contributed by atoms with Gasteiger partial charge in [-0.2, -0.15) is 5.10 Å². The fourth-order valence-electron chi connectivity index (χ4n) is 3.18. The predicted molar refractivity (Wildman–Crippen MR) is 111 cm³/mol. The van der Waals surface area contributed by atoms with Gasteiger partial charge >= 0.3 is 0 Å². The van der Waals surface area contributed by atoms with Crippen molar-refractivity contribution in [1.29, 1.82) is 0 Å². The van der Waals surface area contributed by atoms with Gasteiger partial charge in [0.15, 0.2) is 5.82 Å². The molecule has 1 atom stereocenters. The molecule has 6 heteroatoms. The predicted octanol–water partition coefficient (Wildman–Crippen LogP) is 5.02. The Kier molecular flexibility index (Phi) is 5.16. The van der Waals surface area contributed by atoms with E-state index in [1.807, 2.05) is 49.4 Å². The highest BCUT2D eigenvalue weighted by Crippen LogP contribution is 2.36. The van der Waals surface area contributed by atoms with Gasteiger partial charge < -0.3 is 5.32 Å². The summed E-state index contributed by atoms with van der Waals surface area (Å²) in [6.07, 6.45) is 3.35. The zero-order valence-corrected chi connectivity index (χ0v) is 15.8. The summed E-state index contributed by atoms with van der Waals surface area (Å²) in [4.78, 5) is 16.9. The van der Waals surface area contributed by atoms with Crippen LogP contribution in [0.2, 0.25) is 0 Å². The van der Waals surface area contributed by atoms with Gasteiger partial charge in [0.25, 0.3) is 0 Å². The van der Waals surface area contributed by atoms with Crippen molar-refractivity contribution in [2.24, 2.45) is 0 Å². The first-order valence-electron chi connectivity index (χ1n) is 9.24. The van der Waals surface area contributed by atoms with E-state index in [0.717, 1.165) is 22.3 Å². The molecule has 0 aliphatic rings. The van der Waals surface area contributed by atoms with Gasteiger partial charge in [0.05, 0.1) is 17.2 Å². The number of carbonyl (C=O) groups excluding carboxylic acids is 1. The second-order valence-electron chi connectivity index (χ2n) is 6.69. The minimum absolute atomic E-state index is 0.163. The second kappa shape index (κ2) is 8.06. The lowest BCUT2D eigenvalue weighted by atomic mass is 9.99. The highest BCUT2D eigenvalue weighted by Gasteiger charge is 2.21. The number of benzene rings is 2. The Labute approximate surface area is 167 Å². The molecule has 0 radical (unpaired) electrons. The first kappa shape index (κ1) is 18.6. The third-order valence-corrected chi connectivity index (χ3v) is 4.80. The molecule has 0 spiro atoms. The normalized spacial score (nSPS) is 11.8. The van der Waals surface area contributed by atoms with Crippen LogP contribution in [0.25, 0.3) is 22.4 Å². The number of carbonyl (C=O) groups is 1. The molecule has 0 aliphatic carbocycles. The zero-order valence-electron chi connectivity index (χ0n) is 15.8. The number of anilines is 1. The average molecular weight is 386 g/mol. The maximum Gasteiger partial charge on any atom is 0.232 e.